The number of hydrogen-bond acceptors (Lipinski definition) is 2. The molecule has 0 aliphatic heterocycles. The first-order valence-corrected chi connectivity index (χ1v) is 5.76. The molecule has 90 valence electrons. The van der Waals surface area contributed by atoms with E-state index in [2.05, 4.69) is 6.92 Å². The minimum absolute atomic E-state index is 0.0873. The van der Waals surface area contributed by atoms with E-state index in [0.717, 1.165) is 12.8 Å². The van der Waals surface area contributed by atoms with Gasteiger partial charge in [0.25, 0.3) is 0 Å². The van der Waals surface area contributed by atoms with Crippen LogP contribution in [0, 0.1) is 5.82 Å². The summed E-state index contributed by atoms with van der Waals surface area (Å²) in [6, 6.07) is 4.48. The highest BCUT2D eigenvalue weighted by atomic mass is 19.1. The van der Waals surface area contributed by atoms with Crippen molar-refractivity contribution < 1.29 is 9.13 Å². The summed E-state index contributed by atoms with van der Waals surface area (Å²) in [6.45, 7) is 5.84. The second-order valence-corrected chi connectivity index (χ2v) is 4.16. The third kappa shape index (κ3) is 3.20. The lowest BCUT2D eigenvalue weighted by atomic mass is 10.1. The first kappa shape index (κ1) is 13.0. The molecule has 0 amide bonds. The van der Waals surface area contributed by atoms with Crippen LogP contribution in [0.1, 0.15) is 45.2 Å². The first-order chi connectivity index (χ1) is 7.56. The van der Waals surface area contributed by atoms with Gasteiger partial charge in [-0.05, 0) is 32.4 Å². The van der Waals surface area contributed by atoms with Gasteiger partial charge >= 0.3 is 0 Å². The van der Waals surface area contributed by atoms with Crippen molar-refractivity contribution in [2.24, 2.45) is 5.73 Å². The Hall–Kier alpha value is -1.09. The molecule has 1 aromatic carbocycles. The molecule has 0 aliphatic carbocycles. The Morgan fingerprint density at radius 1 is 1.38 bits per heavy atom. The molecule has 0 radical (unpaired) electrons. The molecule has 0 aromatic heterocycles. The van der Waals surface area contributed by atoms with Gasteiger partial charge in [-0.1, -0.05) is 19.4 Å². The smallest absolute Gasteiger partial charge is 0.131 e. The molecule has 0 saturated heterocycles. The van der Waals surface area contributed by atoms with E-state index in [1.54, 1.807) is 19.1 Å². The van der Waals surface area contributed by atoms with Crippen molar-refractivity contribution in [2.75, 3.05) is 0 Å². The summed E-state index contributed by atoms with van der Waals surface area (Å²) < 4.78 is 19.3. The molecule has 0 saturated carbocycles. The fourth-order valence-corrected chi connectivity index (χ4v) is 1.74. The van der Waals surface area contributed by atoms with Gasteiger partial charge in [0.1, 0.15) is 11.6 Å². The Morgan fingerprint density at radius 2 is 2.06 bits per heavy atom. The number of hydrogen-bond donors (Lipinski definition) is 1. The van der Waals surface area contributed by atoms with Gasteiger partial charge in [0.15, 0.2) is 0 Å². The quantitative estimate of drug-likeness (QED) is 0.833. The van der Waals surface area contributed by atoms with Crippen LogP contribution in [-0.2, 0) is 0 Å². The Bertz CT molecular complexity index is 339. The minimum Gasteiger partial charge on any atom is -0.490 e. The predicted octanol–water partition coefficient (Wildman–Crippen LogP) is 3.41. The second kappa shape index (κ2) is 5.85. The molecule has 0 spiro atoms. The molecule has 0 fully saturated rings. The fraction of sp³-hybridized carbons (Fsp3) is 0.538. The van der Waals surface area contributed by atoms with E-state index in [4.69, 9.17) is 10.5 Å². The second-order valence-electron chi connectivity index (χ2n) is 4.16. The molecule has 0 bridgehead atoms. The monoisotopic (exact) mass is 225 g/mol. The van der Waals surface area contributed by atoms with Crippen molar-refractivity contribution in [1.82, 2.24) is 0 Å². The maximum Gasteiger partial charge on any atom is 0.131 e. The third-order valence-corrected chi connectivity index (χ3v) is 2.49. The number of ether oxygens (including phenoxy) is 1. The summed E-state index contributed by atoms with van der Waals surface area (Å²) in [5.74, 6) is 0.271. The van der Waals surface area contributed by atoms with Crippen molar-refractivity contribution in [3.05, 3.63) is 29.6 Å². The van der Waals surface area contributed by atoms with E-state index < -0.39 is 0 Å². The van der Waals surface area contributed by atoms with Crippen LogP contribution in [0.15, 0.2) is 18.2 Å². The van der Waals surface area contributed by atoms with Gasteiger partial charge in [-0.2, -0.15) is 0 Å². The normalized spacial score (nSPS) is 14.6. The molecule has 2 nitrogen and oxygen atoms in total. The summed E-state index contributed by atoms with van der Waals surface area (Å²) >= 11 is 0. The van der Waals surface area contributed by atoms with Crippen molar-refractivity contribution in [2.45, 2.75) is 45.8 Å². The average molecular weight is 225 g/mol. The topological polar surface area (TPSA) is 35.2 Å². The van der Waals surface area contributed by atoms with Crippen LogP contribution in [-0.4, -0.2) is 6.10 Å². The van der Waals surface area contributed by atoms with Crippen molar-refractivity contribution in [3.8, 4) is 5.75 Å². The summed E-state index contributed by atoms with van der Waals surface area (Å²) in [5, 5.41) is 0. The Balaban J connectivity index is 2.90. The Morgan fingerprint density at radius 3 is 2.62 bits per heavy atom. The fourth-order valence-electron chi connectivity index (χ4n) is 1.74. The largest absolute Gasteiger partial charge is 0.490 e. The van der Waals surface area contributed by atoms with E-state index in [1.165, 1.54) is 6.07 Å². The molecule has 0 aliphatic rings. The zero-order valence-corrected chi connectivity index (χ0v) is 10.2. The lowest BCUT2D eigenvalue weighted by molar-refractivity contribution is 0.206. The van der Waals surface area contributed by atoms with Crippen LogP contribution in [0.2, 0.25) is 0 Å². The lowest BCUT2D eigenvalue weighted by Crippen LogP contribution is -2.16. The van der Waals surface area contributed by atoms with Crippen molar-refractivity contribution >= 4 is 0 Å². The van der Waals surface area contributed by atoms with Crippen molar-refractivity contribution in [1.29, 1.82) is 0 Å². The Labute approximate surface area is 96.6 Å². The van der Waals surface area contributed by atoms with Gasteiger partial charge in [0.2, 0.25) is 0 Å². The van der Waals surface area contributed by atoms with E-state index in [-0.39, 0.29) is 18.0 Å². The third-order valence-electron chi connectivity index (χ3n) is 2.49. The van der Waals surface area contributed by atoms with E-state index in [0.29, 0.717) is 11.3 Å². The number of nitrogens with two attached hydrogens (primary N) is 1. The highest BCUT2D eigenvalue weighted by Gasteiger charge is 2.15. The first-order valence-electron chi connectivity index (χ1n) is 5.76. The zero-order chi connectivity index (χ0) is 12.1. The van der Waals surface area contributed by atoms with Gasteiger partial charge in [-0.25, -0.2) is 4.39 Å². The summed E-state index contributed by atoms with van der Waals surface area (Å²) in [4.78, 5) is 0. The molecule has 16 heavy (non-hydrogen) atoms. The predicted molar refractivity (Wildman–Crippen MR) is 64.0 cm³/mol. The molecule has 1 rings (SSSR count). The van der Waals surface area contributed by atoms with Crippen LogP contribution in [0.3, 0.4) is 0 Å². The lowest BCUT2D eigenvalue weighted by Gasteiger charge is -2.19. The number of halogens is 1. The van der Waals surface area contributed by atoms with Gasteiger partial charge in [0, 0.05) is 11.6 Å². The average Bonchev–Trinajstić information content (AvgIpc) is 2.17. The van der Waals surface area contributed by atoms with Gasteiger partial charge in [-0.15, -0.1) is 0 Å². The molecule has 2 N–H and O–H groups in total. The molecule has 2 atom stereocenters. The molecule has 0 heterocycles. The molecule has 1 aromatic rings. The highest BCUT2D eigenvalue weighted by molar-refractivity contribution is 5.36. The number of benzene rings is 1. The molecule has 3 heteroatoms. The summed E-state index contributed by atoms with van der Waals surface area (Å²) in [5.41, 5.74) is 6.21. The standard InChI is InChI=1S/C13H20FNO/c1-4-6-9(2)16-12-8-5-7-11(14)13(12)10(3)15/h5,7-10H,4,6,15H2,1-3H3. The van der Waals surface area contributed by atoms with Gasteiger partial charge in [0.05, 0.1) is 6.10 Å². The Kier molecular flexibility index (Phi) is 4.74. The van der Waals surface area contributed by atoms with Crippen LogP contribution in [0.4, 0.5) is 4.39 Å². The molecular formula is C13H20FNO. The number of rotatable bonds is 5. The van der Waals surface area contributed by atoms with Crippen LogP contribution in [0.5, 0.6) is 5.75 Å². The maximum absolute atomic E-state index is 13.6. The van der Waals surface area contributed by atoms with Crippen molar-refractivity contribution in [3.63, 3.8) is 0 Å². The molecule has 2 unspecified atom stereocenters. The maximum atomic E-state index is 13.6. The van der Waals surface area contributed by atoms with E-state index in [1.807, 2.05) is 6.92 Å². The minimum atomic E-state index is -0.356. The SMILES string of the molecule is CCCC(C)Oc1cccc(F)c1C(C)N. The highest BCUT2D eigenvalue weighted by Crippen LogP contribution is 2.27. The van der Waals surface area contributed by atoms with Crippen LogP contribution < -0.4 is 10.5 Å². The van der Waals surface area contributed by atoms with E-state index in [9.17, 15) is 4.39 Å². The van der Waals surface area contributed by atoms with E-state index >= 15 is 0 Å². The van der Waals surface area contributed by atoms with Crippen LogP contribution >= 0.6 is 0 Å². The zero-order valence-electron chi connectivity index (χ0n) is 10.2. The molecular weight excluding hydrogens is 205 g/mol. The summed E-state index contributed by atoms with van der Waals surface area (Å²) in [7, 11) is 0. The van der Waals surface area contributed by atoms with Crippen LogP contribution in [0.25, 0.3) is 0 Å². The van der Waals surface area contributed by atoms with Gasteiger partial charge < -0.3 is 10.5 Å². The summed E-state index contributed by atoms with van der Waals surface area (Å²) in [6.07, 6.45) is 2.09. The van der Waals surface area contributed by atoms with Gasteiger partial charge in [-0.3, -0.25) is 0 Å².